The number of aromatic nitrogens is 2. The van der Waals surface area contributed by atoms with Gasteiger partial charge in [-0.15, -0.1) is 0 Å². The number of nitrogens with zero attached hydrogens (tertiary/aromatic N) is 4. The third-order valence-electron chi connectivity index (χ3n) is 4.41. The van der Waals surface area contributed by atoms with Gasteiger partial charge in [-0.1, -0.05) is 18.2 Å². The summed E-state index contributed by atoms with van der Waals surface area (Å²) in [5.41, 5.74) is -1.24. The number of carbonyl (C=O) groups excluding carboxylic acids is 1. The van der Waals surface area contributed by atoms with Crippen LogP contribution in [0.4, 0.5) is 31.1 Å². The van der Waals surface area contributed by atoms with E-state index in [4.69, 9.17) is 0 Å². The second-order valence-electron chi connectivity index (χ2n) is 6.42. The molecule has 2 aromatic rings. The Labute approximate surface area is 156 Å². The number of halogens is 6. The van der Waals surface area contributed by atoms with Crippen molar-refractivity contribution in [3.8, 4) is 0 Å². The van der Waals surface area contributed by atoms with Crippen LogP contribution in [0.15, 0.2) is 36.7 Å². The molecule has 1 aliphatic rings. The molecule has 0 saturated carbocycles. The number of amides is 1. The number of hydrogen-bond acceptors (Lipinski definition) is 3. The molecule has 11 heteroatoms. The van der Waals surface area contributed by atoms with Gasteiger partial charge in [0.2, 0.25) is 0 Å². The Bertz CT molecular complexity index is 837. The van der Waals surface area contributed by atoms with E-state index in [0.29, 0.717) is 35.7 Å². The molecule has 152 valence electrons. The molecular formula is C17H16F6N4O. The average molecular weight is 406 g/mol. The number of alkyl halides is 6. The summed E-state index contributed by atoms with van der Waals surface area (Å²) in [6.45, 7) is 1.52. The molecule has 1 fully saturated rings. The monoisotopic (exact) mass is 406 g/mol. The normalized spacial score (nSPS) is 16.4. The van der Waals surface area contributed by atoms with Gasteiger partial charge in [0.1, 0.15) is 0 Å². The first-order valence-electron chi connectivity index (χ1n) is 8.34. The fourth-order valence-corrected chi connectivity index (χ4v) is 2.92. The van der Waals surface area contributed by atoms with Crippen molar-refractivity contribution in [2.75, 3.05) is 26.2 Å². The molecule has 1 amide bonds. The van der Waals surface area contributed by atoms with Crippen LogP contribution in [0.3, 0.4) is 0 Å². The van der Waals surface area contributed by atoms with Crippen molar-refractivity contribution in [3.05, 3.63) is 53.3 Å². The second-order valence-corrected chi connectivity index (χ2v) is 6.42. The molecule has 3 rings (SSSR count). The minimum atomic E-state index is -4.58. The van der Waals surface area contributed by atoms with Gasteiger partial charge in [-0.3, -0.25) is 4.90 Å². The Balaban J connectivity index is 1.57. The predicted molar refractivity (Wildman–Crippen MR) is 86.3 cm³/mol. The first kappa shape index (κ1) is 20.2. The van der Waals surface area contributed by atoms with E-state index in [9.17, 15) is 31.1 Å². The van der Waals surface area contributed by atoms with Crippen LogP contribution < -0.4 is 0 Å². The van der Waals surface area contributed by atoms with Crippen molar-refractivity contribution in [1.82, 2.24) is 19.6 Å². The van der Waals surface area contributed by atoms with E-state index in [0.717, 1.165) is 12.1 Å². The van der Waals surface area contributed by atoms with Gasteiger partial charge in [0.05, 0.1) is 17.3 Å². The fraction of sp³-hybridized carbons (Fsp3) is 0.412. The lowest BCUT2D eigenvalue weighted by Crippen LogP contribution is -2.49. The van der Waals surface area contributed by atoms with Gasteiger partial charge in [-0.05, 0) is 11.6 Å². The molecule has 1 aliphatic heterocycles. The van der Waals surface area contributed by atoms with Gasteiger partial charge in [0.15, 0.2) is 0 Å². The largest absolute Gasteiger partial charge is 0.419 e. The van der Waals surface area contributed by atoms with Crippen LogP contribution in [0, 0.1) is 0 Å². The van der Waals surface area contributed by atoms with Gasteiger partial charge in [0.25, 0.3) is 0 Å². The van der Waals surface area contributed by atoms with E-state index in [1.807, 2.05) is 4.90 Å². The Kier molecular flexibility index (Phi) is 5.37. The molecule has 1 saturated heterocycles. The minimum absolute atomic E-state index is 0.235. The van der Waals surface area contributed by atoms with Crippen molar-refractivity contribution in [1.29, 1.82) is 0 Å². The van der Waals surface area contributed by atoms with Crippen LogP contribution >= 0.6 is 0 Å². The number of hydrogen-bond donors (Lipinski definition) is 0. The van der Waals surface area contributed by atoms with E-state index in [1.165, 1.54) is 11.0 Å². The van der Waals surface area contributed by atoms with Gasteiger partial charge >= 0.3 is 18.4 Å². The van der Waals surface area contributed by atoms with Crippen LogP contribution in [-0.2, 0) is 18.9 Å². The van der Waals surface area contributed by atoms with Crippen LogP contribution in [0.2, 0.25) is 0 Å². The summed E-state index contributed by atoms with van der Waals surface area (Å²) >= 11 is 0. The molecule has 0 spiro atoms. The smallest absolute Gasteiger partial charge is 0.320 e. The van der Waals surface area contributed by atoms with Crippen molar-refractivity contribution < 1.29 is 31.1 Å². The summed E-state index contributed by atoms with van der Waals surface area (Å²) in [7, 11) is 0. The van der Waals surface area contributed by atoms with Crippen molar-refractivity contribution in [2.45, 2.75) is 18.9 Å². The molecule has 0 radical (unpaired) electrons. The SMILES string of the molecule is O=C(N1CCN(Cc2cccc(C(F)(F)F)c2)CC1)n1cc(C(F)(F)F)cn1. The average Bonchev–Trinajstić information content (AvgIpc) is 3.12. The van der Waals surface area contributed by atoms with E-state index in [-0.39, 0.29) is 19.6 Å². The molecule has 0 atom stereocenters. The standard InChI is InChI=1S/C17H16F6N4O/c18-16(19,20)13-3-1-2-12(8-13)10-25-4-6-26(7-5-25)15(28)27-11-14(9-24-27)17(21,22)23/h1-3,8-9,11H,4-7,10H2. The highest BCUT2D eigenvalue weighted by Gasteiger charge is 2.34. The molecule has 0 aliphatic carbocycles. The van der Waals surface area contributed by atoms with Gasteiger partial charge in [-0.2, -0.15) is 36.1 Å². The van der Waals surface area contributed by atoms with Gasteiger partial charge in [0, 0.05) is 38.9 Å². The lowest BCUT2D eigenvalue weighted by atomic mass is 10.1. The topological polar surface area (TPSA) is 41.4 Å². The van der Waals surface area contributed by atoms with E-state index in [1.54, 1.807) is 6.07 Å². The molecular weight excluding hydrogens is 390 g/mol. The maximum absolute atomic E-state index is 12.8. The lowest BCUT2D eigenvalue weighted by molar-refractivity contribution is -0.138. The molecule has 1 aromatic carbocycles. The van der Waals surface area contributed by atoms with Crippen LogP contribution in [0.5, 0.6) is 0 Å². The minimum Gasteiger partial charge on any atom is -0.320 e. The van der Waals surface area contributed by atoms with Gasteiger partial charge < -0.3 is 4.90 Å². The quantitative estimate of drug-likeness (QED) is 0.715. The van der Waals surface area contributed by atoms with Crippen molar-refractivity contribution in [3.63, 3.8) is 0 Å². The number of piperazine rings is 1. The highest BCUT2D eigenvalue weighted by molar-refractivity contribution is 5.76. The van der Waals surface area contributed by atoms with Crippen LogP contribution in [0.25, 0.3) is 0 Å². The Morgan fingerprint density at radius 2 is 1.61 bits per heavy atom. The van der Waals surface area contributed by atoms with Crippen molar-refractivity contribution in [2.24, 2.45) is 0 Å². The molecule has 0 bridgehead atoms. The molecule has 28 heavy (non-hydrogen) atoms. The summed E-state index contributed by atoms with van der Waals surface area (Å²) in [5.74, 6) is 0. The highest BCUT2D eigenvalue weighted by atomic mass is 19.4. The Morgan fingerprint density at radius 3 is 2.18 bits per heavy atom. The summed E-state index contributed by atoms with van der Waals surface area (Å²) in [6.07, 6.45) is -7.78. The third-order valence-corrected chi connectivity index (χ3v) is 4.41. The highest BCUT2D eigenvalue weighted by Crippen LogP contribution is 2.30. The Hall–Kier alpha value is -2.56. The third kappa shape index (κ3) is 4.64. The lowest BCUT2D eigenvalue weighted by Gasteiger charge is -2.34. The zero-order valence-electron chi connectivity index (χ0n) is 14.5. The predicted octanol–water partition coefficient (Wildman–Crippen LogP) is 3.71. The maximum atomic E-state index is 12.8. The summed E-state index contributed by atoms with van der Waals surface area (Å²) in [6, 6.07) is 4.34. The van der Waals surface area contributed by atoms with Crippen molar-refractivity contribution >= 4 is 6.03 Å². The van der Waals surface area contributed by atoms with E-state index in [2.05, 4.69) is 5.10 Å². The molecule has 1 aromatic heterocycles. The van der Waals surface area contributed by atoms with Crippen LogP contribution in [0.1, 0.15) is 16.7 Å². The summed E-state index contributed by atoms with van der Waals surface area (Å²) in [5, 5.41) is 3.46. The number of carbonyl (C=O) groups is 1. The summed E-state index contributed by atoms with van der Waals surface area (Å²) < 4.78 is 76.8. The summed E-state index contributed by atoms with van der Waals surface area (Å²) in [4.78, 5) is 15.5. The zero-order valence-corrected chi connectivity index (χ0v) is 14.5. The van der Waals surface area contributed by atoms with E-state index < -0.39 is 29.5 Å². The number of benzene rings is 1. The van der Waals surface area contributed by atoms with Crippen LogP contribution in [-0.4, -0.2) is 51.8 Å². The second kappa shape index (κ2) is 7.46. The molecule has 2 heterocycles. The first-order valence-corrected chi connectivity index (χ1v) is 8.34. The fourth-order valence-electron chi connectivity index (χ4n) is 2.92. The molecule has 0 unspecified atom stereocenters. The first-order chi connectivity index (χ1) is 13.0. The molecule has 0 N–H and O–H groups in total. The number of rotatable bonds is 2. The van der Waals surface area contributed by atoms with E-state index >= 15 is 0 Å². The zero-order chi connectivity index (χ0) is 20.5. The maximum Gasteiger partial charge on any atom is 0.419 e. The van der Waals surface area contributed by atoms with Gasteiger partial charge in [-0.25, -0.2) is 4.79 Å². The Morgan fingerprint density at radius 1 is 0.964 bits per heavy atom. The molecule has 5 nitrogen and oxygen atoms in total.